The van der Waals surface area contributed by atoms with Crippen LogP contribution in [0.3, 0.4) is 0 Å². The second kappa shape index (κ2) is 7.49. The molecule has 1 heterocycles. The average Bonchev–Trinajstić information content (AvgIpc) is 2.60. The van der Waals surface area contributed by atoms with Gasteiger partial charge in [0, 0.05) is 12.8 Å². The minimum Gasteiger partial charge on any atom is -0.496 e. The molecule has 0 fully saturated rings. The highest BCUT2D eigenvalue weighted by atomic mass is 32.2. The zero-order chi connectivity index (χ0) is 18.0. The number of ether oxygens (including phenoxy) is 2. The molecule has 0 bridgehead atoms. The van der Waals surface area contributed by atoms with E-state index in [0.29, 0.717) is 35.7 Å². The lowest BCUT2D eigenvalue weighted by molar-refractivity contribution is -0.138. The predicted molar refractivity (Wildman–Crippen MR) is 94.9 cm³/mol. The summed E-state index contributed by atoms with van der Waals surface area (Å²) in [5.41, 5.74) is 7.13. The molecule has 7 heteroatoms. The minimum absolute atomic E-state index is 0.0952. The largest absolute Gasteiger partial charge is 0.496 e. The number of Topliss-reactive ketones (excluding diaryl/α,β-unsaturated/α-hetero) is 1. The monoisotopic (exact) mass is 363 g/mol. The number of allylic oxidation sites excluding steroid dienone is 1. The Kier molecular flexibility index (Phi) is 5.34. The van der Waals surface area contributed by atoms with Crippen molar-refractivity contribution in [2.45, 2.75) is 37.0 Å². The van der Waals surface area contributed by atoms with Crippen LogP contribution in [0.4, 0.5) is 0 Å². The van der Waals surface area contributed by atoms with Crippen LogP contribution in [0.25, 0.3) is 0 Å². The van der Waals surface area contributed by atoms with Crippen molar-refractivity contribution in [2.75, 3.05) is 12.9 Å². The molecule has 1 aliphatic carbocycles. The highest BCUT2D eigenvalue weighted by Gasteiger charge is 2.37. The molecule has 0 spiro atoms. The van der Waals surface area contributed by atoms with Gasteiger partial charge in [-0.25, -0.2) is 0 Å². The number of methoxy groups -OCH3 is 1. The van der Waals surface area contributed by atoms with Crippen molar-refractivity contribution >= 4 is 23.5 Å². The number of fused-ring (bicyclic) bond motifs is 1. The van der Waals surface area contributed by atoms with Crippen LogP contribution in [0.15, 0.2) is 29.5 Å². The summed E-state index contributed by atoms with van der Waals surface area (Å²) >= 11 is 1.52. The van der Waals surface area contributed by atoms with E-state index in [2.05, 4.69) is 0 Å². The molecule has 0 radical (unpaired) electrons. The Morgan fingerprint density at radius 2 is 2.28 bits per heavy atom. The molecule has 6 nitrogen and oxygen atoms in total. The predicted octanol–water partition coefficient (Wildman–Crippen LogP) is 2.67. The smallest absolute Gasteiger partial charge is 0.320 e. The fourth-order valence-corrected chi connectivity index (χ4v) is 4.62. The number of thioether (sulfide) groups is 1. The molecule has 2 aliphatic rings. The number of carboxylic acids is 1. The lowest BCUT2D eigenvalue weighted by Crippen LogP contribution is -2.31. The van der Waals surface area contributed by atoms with E-state index in [0.717, 1.165) is 24.2 Å². The van der Waals surface area contributed by atoms with E-state index in [1.807, 2.05) is 18.2 Å². The maximum absolute atomic E-state index is 12.5. The molecule has 3 N–H and O–H groups in total. The van der Waals surface area contributed by atoms with Gasteiger partial charge in [0.05, 0.1) is 23.5 Å². The number of carboxylic acid groups (broad SMARTS) is 1. The second-order valence-electron chi connectivity index (χ2n) is 6.07. The Balaban J connectivity index is 1.92. The van der Waals surface area contributed by atoms with Crippen LogP contribution >= 0.6 is 11.8 Å². The Morgan fingerprint density at radius 1 is 1.48 bits per heavy atom. The van der Waals surface area contributed by atoms with Crippen molar-refractivity contribution < 1.29 is 24.2 Å². The van der Waals surface area contributed by atoms with Gasteiger partial charge in [0.15, 0.2) is 5.78 Å². The van der Waals surface area contributed by atoms with Gasteiger partial charge in [0.2, 0.25) is 0 Å². The first-order valence-corrected chi connectivity index (χ1v) is 9.28. The van der Waals surface area contributed by atoms with Crippen molar-refractivity contribution in [3.05, 3.63) is 35.1 Å². The minimum atomic E-state index is -1.01. The maximum atomic E-state index is 12.5. The summed E-state index contributed by atoms with van der Waals surface area (Å²) < 4.78 is 11.5. The second-order valence-corrected chi connectivity index (χ2v) is 7.28. The number of ketones is 1. The van der Waals surface area contributed by atoms with E-state index in [-0.39, 0.29) is 11.0 Å². The molecule has 2 unspecified atom stereocenters. The zero-order valence-electron chi connectivity index (χ0n) is 14.0. The van der Waals surface area contributed by atoms with Gasteiger partial charge in [-0.05, 0) is 30.7 Å². The number of benzene rings is 1. The molecule has 1 aliphatic heterocycles. The van der Waals surface area contributed by atoms with Crippen LogP contribution in [0, 0.1) is 0 Å². The standard InChI is InChI=1S/C18H21NO5S/c1-23-12-5-3-7-14-16(12)17(25-9-8-10(19)18(21)22)15-11(20)4-2-6-13(15)24-14/h3,5,7,10,17H,2,4,6,8-9,19H2,1H3,(H,21,22). The van der Waals surface area contributed by atoms with Crippen molar-refractivity contribution in [1.29, 1.82) is 0 Å². The molecular formula is C18H21NO5S. The van der Waals surface area contributed by atoms with Crippen LogP contribution < -0.4 is 15.2 Å². The van der Waals surface area contributed by atoms with Gasteiger partial charge in [-0.3, -0.25) is 9.59 Å². The van der Waals surface area contributed by atoms with Crippen LogP contribution in [0.5, 0.6) is 11.5 Å². The SMILES string of the molecule is COc1cccc2c1C(SCCC(N)C(=O)O)C1=C(CCCC1=O)O2. The van der Waals surface area contributed by atoms with Gasteiger partial charge in [0.25, 0.3) is 0 Å². The summed E-state index contributed by atoms with van der Waals surface area (Å²) in [4.78, 5) is 23.5. The first kappa shape index (κ1) is 17.8. The van der Waals surface area contributed by atoms with Gasteiger partial charge < -0.3 is 20.3 Å². The molecule has 1 aromatic rings. The van der Waals surface area contributed by atoms with Crippen molar-refractivity contribution in [2.24, 2.45) is 5.73 Å². The quantitative estimate of drug-likeness (QED) is 0.801. The fraction of sp³-hybridized carbons (Fsp3) is 0.444. The molecule has 0 amide bonds. The summed E-state index contributed by atoms with van der Waals surface area (Å²) in [5, 5.41) is 8.73. The summed E-state index contributed by atoms with van der Waals surface area (Å²) in [6.07, 6.45) is 2.37. The van der Waals surface area contributed by atoms with Gasteiger partial charge >= 0.3 is 5.97 Å². The zero-order valence-corrected chi connectivity index (χ0v) is 14.8. The lowest BCUT2D eigenvalue weighted by Gasteiger charge is -2.33. The third-order valence-electron chi connectivity index (χ3n) is 4.44. The number of hydrogen-bond acceptors (Lipinski definition) is 6. The van der Waals surface area contributed by atoms with E-state index >= 15 is 0 Å². The molecular weight excluding hydrogens is 342 g/mol. The molecule has 0 saturated carbocycles. The third-order valence-corrected chi connectivity index (χ3v) is 5.72. The first-order valence-electron chi connectivity index (χ1n) is 8.24. The summed E-state index contributed by atoms with van der Waals surface area (Å²) in [7, 11) is 1.59. The van der Waals surface area contributed by atoms with E-state index in [1.165, 1.54) is 11.8 Å². The van der Waals surface area contributed by atoms with Gasteiger partial charge in [0.1, 0.15) is 23.3 Å². The molecule has 3 rings (SSSR count). The Labute approximate surface area is 150 Å². The average molecular weight is 363 g/mol. The number of carbonyl (C=O) groups is 2. The van der Waals surface area contributed by atoms with Crippen LogP contribution in [-0.4, -0.2) is 35.8 Å². The fourth-order valence-electron chi connectivity index (χ4n) is 3.16. The lowest BCUT2D eigenvalue weighted by atomic mass is 9.88. The number of carbonyl (C=O) groups excluding carboxylic acids is 1. The number of aliphatic carboxylic acids is 1. The first-order chi connectivity index (χ1) is 12.0. The number of rotatable bonds is 6. The van der Waals surface area contributed by atoms with Crippen LogP contribution in [-0.2, 0) is 9.59 Å². The molecule has 2 atom stereocenters. The van der Waals surface area contributed by atoms with Gasteiger partial charge in [-0.2, -0.15) is 0 Å². The molecule has 134 valence electrons. The van der Waals surface area contributed by atoms with Crippen LogP contribution in [0.2, 0.25) is 0 Å². The van der Waals surface area contributed by atoms with Crippen LogP contribution in [0.1, 0.15) is 36.5 Å². The normalized spacial score (nSPS) is 20.4. The van der Waals surface area contributed by atoms with Crippen molar-refractivity contribution in [1.82, 2.24) is 0 Å². The van der Waals surface area contributed by atoms with E-state index in [1.54, 1.807) is 7.11 Å². The summed E-state index contributed by atoms with van der Waals surface area (Å²) in [5.74, 6) is 1.71. The molecule has 25 heavy (non-hydrogen) atoms. The Morgan fingerprint density at radius 3 is 3.00 bits per heavy atom. The van der Waals surface area contributed by atoms with Gasteiger partial charge in [-0.1, -0.05) is 6.07 Å². The summed E-state index contributed by atoms with van der Waals surface area (Å²) in [6.45, 7) is 0. The van der Waals surface area contributed by atoms with E-state index < -0.39 is 12.0 Å². The summed E-state index contributed by atoms with van der Waals surface area (Å²) in [6, 6.07) is 4.67. The maximum Gasteiger partial charge on any atom is 0.320 e. The van der Waals surface area contributed by atoms with E-state index in [9.17, 15) is 9.59 Å². The highest BCUT2D eigenvalue weighted by molar-refractivity contribution is 7.99. The van der Waals surface area contributed by atoms with Gasteiger partial charge in [-0.15, -0.1) is 11.8 Å². The van der Waals surface area contributed by atoms with Crippen molar-refractivity contribution in [3.8, 4) is 11.5 Å². The number of nitrogens with two attached hydrogens (primary N) is 1. The Hall–Kier alpha value is -1.99. The molecule has 1 aromatic carbocycles. The topological polar surface area (TPSA) is 98.9 Å². The Bertz CT molecular complexity index is 730. The molecule has 0 saturated heterocycles. The van der Waals surface area contributed by atoms with E-state index in [4.69, 9.17) is 20.3 Å². The highest BCUT2D eigenvalue weighted by Crippen LogP contribution is 2.52. The number of hydrogen-bond donors (Lipinski definition) is 2. The molecule has 0 aromatic heterocycles. The van der Waals surface area contributed by atoms with Crippen molar-refractivity contribution in [3.63, 3.8) is 0 Å². The third kappa shape index (κ3) is 3.52.